The Labute approximate surface area is 171 Å². The summed E-state index contributed by atoms with van der Waals surface area (Å²) in [5.74, 6) is 0.922. The Morgan fingerprint density at radius 3 is 2.50 bits per heavy atom. The van der Waals surface area contributed by atoms with E-state index in [0.29, 0.717) is 30.0 Å². The van der Waals surface area contributed by atoms with Crippen LogP contribution in [0.15, 0.2) is 65.9 Å². The Morgan fingerprint density at radius 2 is 1.86 bits per heavy atom. The van der Waals surface area contributed by atoms with Gasteiger partial charge in [0.25, 0.3) is 0 Å². The van der Waals surface area contributed by atoms with E-state index in [9.17, 15) is 15.3 Å². The molecular weight excluding hydrogens is 376 g/mol. The van der Waals surface area contributed by atoms with Gasteiger partial charge in [0, 0.05) is 18.4 Å². The van der Waals surface area contributed by atoms with E-state index in [2.05, 4.69) is 5.73 Å². The maximum atomic E-state index is 10.4. The Hall–Kier alpha value is -2.23. The van der Waals surface area contributed by atoms with Crippen LogP contribution >= 0.6 is 11.6 Å². The first kappa shape index (κ1) is 22.1. The zero-order valence-corrected chi connectivity index (χ0v) is 16.9. The second-order valence-electron chi connectivity index (χ2n) is 7.03. The summed E-state index contributed by atoms with van der Waals surface area (Å²) in [4.78, 5) is 0. The van der Waals surface area contributed by atoms with Gasteiger partial charge in [-0.1, -0.05) is 49.7 Å². The van der Waals surface area contributed by atoms with Crippen molar-refractivity contribution in [1.29, 1.82) is 0 Å². The van der Waals surface area contributed by atoms with Gasteiger partial charge in [0.05, 0.1) is 17.2 Å². The molecule has 0 aliphatic rings. The van der Waals surface area contributed by atoms with E-state index >= 15 is 0 Å². The van der Waals surface area contributed by atoms with E-state index < -0.39 is 12.2 Å². The van der Waals surface area contributed by atoms with Gasteiger partial charge in [0.2, 0.25) is 0 Å². The molecule has 0 saturated heterocycles. The number of aliphatic hydroxyl groups is 2. The predicted octanol–water partition coefficient (Wildman–Crippen LogP) is 5.04. The van der Waals surface area contributed by atoms with Crippen molar-refractivity contribution in [3.8, 4) is 11.5 Å². The summed E-state index contributed by atoms with van der Waals surface area (Å²) in [6.45, 7) is 4.22. The summed E-state index contributed by atoms with van der Waals surface area (Å²) in [6, 6.07) is 13.9. The van der Waals surface area contributed by atoms with E-state index in [0.717, 1.165) is 11.3 Å². The molecule has 4 nitrogen and oxygen atoms in total. The smallest absolute Gasteiger partial charge is 0.119 e. The van der Waals surface area contributed by atoms with Gasteiger partial charge < -0.3 is 20.1 Å². The zero-order chi connectivity index (χ0) is 20.5. The Balaban J connectivity index is 2.09. The highest BCUT2D eigenvalue weighted by Crippen LogP contribution is 2.28. The van der Waals surface area contributed by atoms with Crippen molar-refractivity contribution in [2.75, 3.05) is 6.61 Å². The van der Waals surface area contributed by atoms with Gasteiger partial charge in [0.15, 0.2) is 0 Å². The second kappa shape index (κ2) is 10.9. The van der Waals surface area contributed by atoms with Crippen LogP contribution in [-0.4, -0.2) is 28.0 Å². The van der Waals surface area contributed by atoms with Crippen LogP contribution in [0.2, 0.25) is 5.02 Å². The van der Waals surface area contributed by atoms with Crippen molar-refractivity contribution >= 4 is 11.6 Å². The van der Waals surface area contributed by atoms with Crippen LogP contribution in [0.1, 0.15) is 38.4 Å². The van der Waals surface area contributed by atoms with Crippen LogP contribution < -0.4 is 4.74 Å². The minimum Gasteiger partial charge on any atom is -0.508 e. The molecule has 0 unspecified atom stereocenters. The minimum absolute atomic E-state index is 0.0550. The molecule has 0 heterocycles. The zero-order valence-electron chi connectivity index (χ0n) is 16.2. The summed E-state index contributed by atoms with van der Waals surface area (Å²) in [5.41, 5.74) is 4.52. The van der Waals surface area contributed by atoms with E-state index in [1.165, 1.54) is 12.1 Å². The third kappa shape index (κ3) is 7.06. The normalized spacial score (nSPS) is 12.9. The van der Waals surface area contributed by atoms with Gasteiger partial charge in [-0.2, -0.15) is 0 Å². The summed E-state index contributed by atoms with van der Waals surface area (Å²) >= 11 is 6.07. The van der Waals surface area contributed by atoms with Gasteiger partial charge in [-0.3, -0.25) is 0 Å². The molecular formula is C23H27ClO4. The number of phenols is 1. The summed E-state index contributed by atoms with van der Waals surface area (Å²) in [7, 11) is 0. The van der Waals surface area contributed by atoms with Crippen molar-refractivity contribution < 1.29 is 20.1 Å². The highest BCUT2D eigenvalue weighted by molar-refractivity contribution is 6.31. The molecule has 0 radical (unpaired) electrons. The molecule has 0 aromatic heterocycles. The number of hydrogen-bond donors (Lipinski definition) is 3. The van der Waals surface area contributed by atoms with Crippen LogP contribution in [0.4, 0.5) is 0 Å². The number of para-hydroxylation sites is 1. The topological polar surface area (TPSA) is 69.9 Å². The summed E-state index contributed by atoms with van der Waals surface area (Å²) in [6.07, 6.45) is 1.16. The van der Waals surface area contributed by atoms with Gasteiger partial charge in [-0.05, 0) is 41.8 Å². The fourth-order valence-electron chi connectivity index (χ4n) is 2.56. The summed E-state index contributed by atoms with van der Waals surface area (Å²) in [5, 5.41) is 30.3. The number of aromatic hydroxyl groups is 1. The fourth-order valence-corrected chi connectivity index (χ4v) is 2.86. The molecule has 0 aliphatic heterocycles. The van der Waals surface area contributed by atoms with Crippen molar-refractivity contribution in [3.63, 3.8) is 0 Å². The quantitative estimate of drug-likeness (QED) is 0.514. The van der Waals surface area contributed by atoms with Crippen LogP contribution in [0.5, 0.6) is 11.5 Å². The van der Waals surface area contributed by atoms with Crippen LogP contribution in [0.25, 0.3) is 0 Å². The van der Waals surface area contributed by atoms with E-state index in [1.807, 2.05) is 44.2 Å². The number of benzene rings is 2. The Kier molecular flexibility index (Phi) is 8.62. The molecule has 5 heteroatoms. The van der Waals surface area contributed by atoms with Gasteiger partial charge in [-0.15, -0.1) is 5.73 Å². The number of hydrogen-bond acceptors (Lipinski definition) is 4. The Bertz CT molecular complexity index is 811. The first-order valence-electron chi connectivity index (χ1n) is 9.32. The van der Waals surface area contributed by atoms with Crippen LogP contribution in [0, 0.1) is 5.92 Å². The highest BCUT2D eigenvalue weighted by atomic mass is 35.5. The van der Waals surface area contributed by atoms with Gasteiger partial charge >= 0.3 is 0 Å². The molecule has 2 atom stereocenters. The van der Waals surface area contributed by atoms with Crippen LogP contribution in [-0.2, 0) is 0 Å². The van der Waals surface area contributed by atoms with Crippen molar-refractivity contribution in [2.24, 2.45) is 5.92 Å². The molecule has 28 heavy (non-hydrogen) atoms. The predicted molar refractivity (Wildman–Crippen MR) is 112 cm³/mol. The van der Waals surface area contributed by atoms with E-state index in [4.69, 9.17) is 16.3 Å². The maximum absolute atomic E-state index is 10.4. The van der Waals surface area contributed by atoms with Gasteiger partial charge in [-0.25, -0.2) is 0 Å². The fraction of sp³-hybridized carbons (Fsp3) is 0.348. The Morgan fingerprint density at radius 1 is 1.14 bits per heavy atom. The van der Waals surface area contributed by atoms with E-state index in [1.54, 1.807) is 12.1 Å². The summed E-state index contributed by atoms with van der Waals surface area (Å²) < 4.78 is 5.78. The second-order valence-corrected chi connectivity index (χ2v) is 7.43. The lowest BCUT2D eigenvalue weighted by atomic mass is 9.99. The number of phenolic OH excluding ortho intramolecular Hbond substituents is 1. The largest absolute Gasteiger partial charge is 0.508 e. The molecule has 0 fully saturated rings. The minimum atomic E-state index is -0.813. The lowest BCUT2D eigenvalue weighted by Gasteiger charge is -2.16. The van der Waals surface area contributed by atoms with Crippen molar-refractivity contribution in [3.05, 3.63) is 76.5 Å². The molecule has 2 aromatic rings. The maximum Gasteiger partial charge on any atom is 0.119 e. The molecule has 0 bridgehead atoms. The molecule has 2 rings (SSSR count). The highest BCUT2D eigenvalue weighted by Gasteiger charge is 2.13. The number of halogens is 1. The molecule has 0 amide bonds. The SMILES string of the molecule is CC(C)[C@H](O)CC(=C=CC[C@@H](O)c1ccc(O)cc1Cl)COc1ccccc1. The molecule has 3 N–H and O–H groups in total. The lowest BCUT2D eigenvalue weighted by Crippen LogP contribution is -2.17. The number of ether oxygens (including phenoxy) is 1. The molecule has 0 aliphatic carbocycles. The third-order valence-electron chi connectivity index (χ3n) is 4.37. The van der Waals surface area contributed by atoms with Crippen molar-refractivity contribution in [2.45, 2.75) is 38.9 Å². The van der Waals surface area contributed by atoms with Crippen molar-refractivity contribution in [1.82, 2.24) is 0 Å². The standard InChI is InChI=1S/C23H27ClO4/c1-16(2)23(27)13-17(15-28-19-8-4-3-5-9-19)7-6-10-22(26)20-12-11-18(25)14-21(20)24/h3-6,8-9,11-12,14,16,22-23,25-27H,10,13,15H2,1-2H3/t7?,22-,23-/m1/s1. The average Bonchev–Trinajstić information content (AvgIpc) is 2.66. The van der Waals surface area contributed by atoms with Gasteiger partial charge in [0.1, 0.15) is 18.1 Å². The van der Waals surface area contributed by atoms with E-state index in [-0.39, 0.29) is 11.7 Å². The van der Waals surface area contributed by atoms with Crippen LogP contribution in [0.3, 0.4) is 0 Å². The number of rotatable bonds is 9. The molecule has 2 aromatic carbocycles. The first-order chi connectivity index (χ1) is 13.4. The average molecular weight is 403 g/mol. The molecule has 150 valence electrons. The third-order valence-corrected chi connectivity index (χ3v) is 4.70. The lowest BCUT2D eigenvalue weighted by molar-refractivity contribution is 0.122. The number of aliphatic hydroxyl groups excluding tert-OH is 2. The molecule has 0 spiro atoms. The monoisotopic (exact) mass is 402 g/mol. The molecule has 0 saturated carbocycles. The first-order valence-corrected chi connectivity index (χ1v) is 9.70.